The van der Waals surface area contributed by atoms with Gasteiger partial charge >= 0.3 is 0 Å². The van der Waals surface area contributed by atoms with Crippen molar-refractivity contribution in [3.8, 4) is 22.3 Å². The minimum Gasteiger partial charge on any atom is -0.309 e. The molecule has 2 heteroatoms. The third kappa shape index (κ3) is 5.22. The number of benzene rings is 9. The Morgan fingerprint density at radius 2 is 1.00 bits per heavy atom. The summed E-state index contributed by atoms with van der Waals surface area (Å²) in [6.07, 6.45) is 9.49. The zero-order valence-electron chi connectivity index (χ0n) is 37.0. The minimum absolute atomic E-state index is 0.358. The topological polar surface area (TPSA) is 3.24 Å². The first-order valence-corrected chi connectivity index (χ1v) is 25.2. The molecule has 4 bridgehead atoms. The number of hydrogen-bond acceptors (Lipinski definition) is 2. The van der Waals surface area contributed by atoms with Crippen molar-refractivity contribution in [1.29, 1.82) is 0 Å². The van der Waals surface area contributed by atoms with E-state index in [2.05, 4.69) is 199 Å². The monoisotopic (exact) mass is 863 g/mol. The first-order chi connectivity index (χ1) is 32.6. The molecule has 9 aromatic carbocycles. The van der Waals surface area contributed by atoms with E-state index < -0.39 is 5.41 Å². The summed E-state index contributed by atoms with van der Waals surface area (Å²) in [6, 6.07) is 74.7. The quantitative estimate of drug-likeness (QED) is 0.161. The number of nitrogens with zero attached hydrogens (tertiary/aromatic N) is 1. The molecule has 66 heavy (non-hydrogen) atoms. The Morgan fingerprint density at radius 1 is 0.409 bits per heavy atom. The van der Waals surface area contributed by atoms with Crippen molar-refractivity contribution in [2.45, 2.75) is 55.8 Å². The Bertz CT molecular complexity index is 3530. The molecular weight excluding hydrogens is 815 g/mol. The van der Waals surface area contributed by atoms with E-state index in [1.165, 1.54) is 142 Å². The van der Waals surface area contributed by atoms with Crippen LogP contribution in [0.4, 0.5) is 17.1 Å². The van der Waals surface area contributed by atoms with Crippen molar-refractivity contribution in [3.05, 3.63) is 233 Å². The van der Waals surface area contributed by atoms with Gasteiger partial charge in [0.1, 0.15) is 0 Å². The molecule has 0 amide bonds. The number of fused-ring (bicyclic) bond motifs is 11. The van der Waals surface area contributed by atoms with E-state index in [1.807, 2.05) is 11.3 Å². The lowest BCUT2D eigenvalue weighted by Crippen LogP contribution is -2.48. The van der Waals surface area contributed by atoms with Gasteiger partial charge in [0.25, 0.3) is 0 Å². The number of hydrogen-bond donors (Lipinski definition) is 0. The van der Waals surface area contributed by atoms with Crippen molar-refractivity contribution in [2.24, 2.45) is 17.8 Å². The van der Waals surface area contributed by atoms with Crippen LogP contribution in [0.2, 0.25) is 0 Å². The van der Waals surface area contributed by atoms with Crippen molar-refractivity contribution in [1.82, 2.24) is 0 Å². The normalized spacial score (nSPS) is 21.5. The lowest BCUT2D eigenvalue weighted by Gasteiger charge is -2.57. The highest BCUT2D eigenvalue weighted by atomic mass is 32.1. The molecule has 10 aromatic rings. The maximum atomic E-state index is 2.58. The van der Waals surface area contributed by atoms with Crippen LogP contribution in [0.5, 0.6) is 0 Å². The van der Waals surface area contributed by atoms with Crippen LogP contribution >= 0.6 is 11.3 Å². The van der Waals surface area contributed by atoms with Gasteiger partial charge in [0, 0.05) is 26.8 Å². The second kappa shape index (κ2) is 13.9. The predicted octanol–water partition coefficient (Wildman–Crippen LogP) is 17.1. The molecule has 0 atom stereocenters. The van der Waals surface area contributed by atoms with E-state index >= 15 is 0 Å². The summed E-state index contributed by atoms with van der Waals surface area (Å²) in [5.74, 6) is 2.76. The standard InChI is InChI=1S/C64H49NS/c1-2-12-47(13-3-1)64(58-18-8-6-15-52(58)53-16-7-9-19-59(53)64)48-24-21-44-34-45-22-27-50(36-57(45)56(44)35-48)65(49-28-25-46(26-29-49)63-37-40-31-41(38-63)33-42(32-40)39-63)60-20-10-17-54-55-30-23-43-11-4-5-14-51(43)61(55)66-62(54)60/h1-30,35-36,40-42H,31-34,37-39H2. The highest BCUT2D eigenvalue weighted by Gasteiger charge is 2.52. The van der Waals surface area contributed by atoms with Crippen LogP contribution in [-0.2, 0) is 17.3 Å². The SMILES string of the molecule is c1ccc(C2(c3ccc4c(c3)-c3cc(N(c5ccc(C67CC8CC(CC(C8)C6)C7)cc5)c5cccc6c5sc5c7ccccc7ccc65)ccc3C4)c3ccccc3-c3ccccc32)cc1. The van der Waals surface area contributed by atoms with E-state index in [0.29, 0.717) is 5.41 Å². The van der Waals surface area contributed by atoms with Gasteiger partial charge in [-0.05, 0) is 176 Å². The summed E-state index contributed by atoms with van der Waals surface area (Å²) in [6.45, 7) is 0. The van der Waals surface area contributed by atoms with Crippen molar-refractivity contribution < 1.29 is 0 Å². The third-order valence-electron chi connectivity index (χ3n) is 17.1. The summed E-state index contributed by atoms with van der Waals surface area (Å²) in [5, 5.41) is 5.29. The average Bonchev–Trinajstić information content (AvgIpc) is 4.03. The molecule has 6 aliphatic rings. The number of rotatable bonds is 6. The van der Waals surface area contributed by atoms with Crippen LogP contribution in [0.15, 0.2) is 194 Å². The summed E-state index contributed by atoms with van der Waals surface area (Å²) in [7, 11) is 0. The first kappa shape index (κ1) is 37.5. The average molecular weight is 864 g/mol. The molecule has 6 aliphatic carbocycles. The van der Waals surface area contributed by atoms with Crippen LogP contribution in [0.3, 0.4) is 0 Å². The molecule has 0 radical (unpaired) electrons. The van der Waals surface area contributed by atoms with Gasteiger partial charge in [-0.3, -0.25) is 0 Å². The number of anilines is 3. The summed E-state index contributed by atoms with van der Waals surface area (Å²) in [4.78, 5) is 2.58. The van der Waals surface area contributed by atoms with E-state index in [-0.39, 0.29) is 0 Å². The molecule has 4 saturated carbocycles. The highest BCUT2D eigenvalue weighted by Crippen LogP contribution is 2.61. The maximum absolute atomic E-state index is 2.58. The van der Waals surface area contributed by atoms with E-state index in [9.17, 15) is 0 Å². The highest BCUT2D eigenvalue weighted by molar-refractivity contribution is 7.27. The molecule has 4 fully saturated rings. The fourth-order valence-corrected chi connectivity index (χ4v) is 16.1. The third-order valence-corrected chi connectivity index (χ3v) is 18.4. The summed E-state index contributed by atoms with van der Waals surface area (Å²) in [5.41, 5.74) is 18.7. The van der Waals surface area contributed by atoms with Gasteiger partial charge in [0.05, 0.1) is 15.8 Å². The van der Waals surface area contributed by atoms with Crippen LogP contribution in [0.25, 0.3) is 53.2 Å². The molecule has 0 aliphatic heterocycles. The zero-order valence-corrected chi connectivity index (χ0v) is 37.8. The number of thiophene rings is 1. The molecule has 1 heterocycles. The lowest BCUT2D eigenvalue weighted by atomic mass is 9.48. The lowest BCUT2D eigenvalue weighted by molar-refractivity contribution is -0.00518. The van der Waals surface area contributed by atoms with Gasteiger partial charge < -0.3 is 4.90 Å². The summed E-state index contributed by atoms with van der Waals surface area (Å²) >= 11 is 1.95. The van der Waals surface area contributed by atoms with Gasteiger partial charge in [-0.2, -0.15) is 0 Å². The van der Waals surface area contributed by atoms with E-state index in [1.54, 1.807) is 5.56 Å². The second-order valence-electron chi connectivity index (χ2n) is 20.6. The molecule has 0 unspecified atom stereocenters. The maximum Gasteiger partial charge on any atom is 0.0713 e. The fraction of sp³-hybridized carbons (Fsp3) is 0.188. The van der Waals surface area contributed by atoms with Crippen LogP contribution in [-0.4, -0.2) is 0 Å². The largest absolute Gasteiger partial charge is 0.309 e. The van der Waals surface area contributed by atoms with Gasteiger partial charge in [0.15, 0.2) is 0 Å². The Hall–Kier alpha value is -6.74. The van der Waals surface area contributed by atoms with Crippen molar-refractivity contribution >= 4 is 59.3 Å². The van der Waals surface area contributed by atoms with Crippen molar-refractivity contribution in [3.63, 3.8) is 0 Å². The van der Waals surface area contributed by atoms with Crippen LogP contribution < -0.4 is 4.90 Å². The smallest absolute Gasteiger partial charge is 0.0713 e. The van der Waals surface area contributed by atoms with E-state index in [0.717, 1.165) is 24.2 Å². The minimum atomic E-state index is -0.435. The van der Waals surface area contributed by atoms with Crippen molar-refractivity contribution in [2.75, 3.05) is 4.90 Å². The Balaban J connectivity index is 0.916. The Labute approximate surface area is 391 Å². The first-order valence-electron chi connectivity index (χ1n) is 24.4. The Morgan fingerprint density at radius 3 is 1.74 bits per heavy atom. The van der Waals surface area contributed by atoms with Crippen LogP contribution in [0, 0.1) is 17.8 Å². The summed E-state index contributed by atoms with van der Waals surface area (Å²) < 4.78 is 2.70. The zero-order chi connectivity index (χ0) is 43.1. The molecule has 1 aromatic heterocycles. The molecule has 0 N–H and O–H groups in total. The van der Waals surface area contributed by atoms with Gasteiger partial charge in [-0.15, -0.1) is 11.3 Å². The molecule has 0 spiro atoms. The molecule has 0 saturated heterocycles. The van der Waals surface area contributed by atoms with Gasteiger partial charge in [0.2, 0.25) is 0 Å². The second-order valence-corrected chi connectivity index (χ2v) is 21.6. The predicted molar refractivity (Wildman–Crippen MR) is 277 cm³/mol. The van der Waals surface area contributed by atoms with Gasteiger partial charge in [-0.25, -0.2) is 0 Å². The molecule has 1 nitrogen and oxygen atoms in total. The molecule has 16 rings (SSSR count). The molecular formula is C64H49NS. The van der Waals surface area contributed by atoms with Crippen LogP contribution in [0.1, 0.15) is 77.5 Å². The van der Waals surface area contributed by atoms with Gasteiger partial charge in [-0.1, -0.05) is 158 Å². The fourth-order valence-electron chi connectivity index (χ4n) is 14.8. The van der Waals surface area contributed by atoms with E-state index in [4.69, 9.17) is 0 Å². The Kier molecular flexibility index (Phi) is 7.89. The molecule has 316 valence electrons.